The monoisotopic (exact) mass is 794 g/mol. The van der Waals surface area contributed by atoms with Crippen molar-refractivity contribution in [2.24, 2.45) is 10.8 Å². The molecule has 0 saturated carbocycles. The van der Waals surface area contributed by atoms with Crippen molar-refractivity contribution in [3.05, 3.63) is 97.0 Å². The molecule has 0 aliphatic heterocycles. The summed E-state index contributed by atoms with van der Waals surface area (Å²) >= 11 is 1.74. The Labute approximate surface area is 284 Å². The fourth-order valence-corrected chi connectivity index (χ4v) is 6.75. The molecule has 235 valence electrons. The number of nitrogens with zero attached hydrogens (tertiary/aromatic N) is 2. The first-order valence-electron chi connectivity index (χ1n) is 15.6. The molecule has 0 amide bonds. The first-order valence-corrected chi connectivity index (χ1v) is 16.4. The molecule has 0 aliphatic rings. The topological polar surface area (TPSA) is 63.1 Å². The minimum Gasteiger partial charge on any atom is -0.512 e. The van der Waals surface area contributed by atoms with Crippen LogP contribution in [0.4, 0.5) is 0 Å². The molecule has 1 radical (unpaired) electrons. The maximum absolute atomic E-state index is 12.2. The van der Waals surface area contributed by atoms with Crippen LogP contribution in [0.3, 0.4) is 0 Å². The Morgan fingerprint density at radius 1 is 0.800 bits per heavy atom. The molecule has 45 heavy (non-hydrogen) atoms. The van der Waals surface area contributed by atoms with E-state index in [0.29, 0.717) is 0 Å². The number of carbonyl (C=O) groups excluding carboxylic acids is 1. The Bertz CT molecular complexity index is 1980. The molecule has 0 aliphatic carbocycles. The molecule has 0 atom stereocenters. The molecule has 6 heteroatoms. The summed E-state index contributed by atoms with van der Waals surface area (Å²) in [4.78, 5) is 22.5. The summed E-state index contributed by atoms with van der Waals surface area (Å²) in [5.41, 5.74) is 1.39. The van der Waals surface area contributed by atoms with Gasteiger partial charge in [-0.25, -0.2) is 4.98 Å². The number of carbonyl (C=O) groups is 1. The van der Waals surface area contributed by atoms with Gasteiger partial charge in [0.05, 0.1) is 0 Å². The van der Waals surface area contributed by atoms with Gasteiger partial charge in [0.2, 0.25) is 0 Å². The predicted molar refractivity (Wildman–Crippen MR) is 187 cm³/mol. The number of benzene rings is 4. The molecule has 0 spiro atoms. The quantitative estimate of drug-likeness (QED) is 0.0947. The molecule has 4 aromatic carbocycles. The first kappa shape index (κ1) is 34.4. The molecule has 2 aromatic heterocycles. The summed E-state index contributed by atoms with van der Waals surface area (Å²) in [5.74, 6) is 0.286. The van der Waals surface area contributed by atoms with E-state index in [-0.39, 0.29) is 42.5 Å². The number of hydrogen-bond acceptors (Lipinski definition) is 5. The SMILES string of the molecule is CCC(C)(CC)C(=O)/C=C(\O)C(C)(CC)CC.[Ir].[c-]1ccc2ccccc2c1-c1ncnc2sc3c4ccccc4ccc3c12. The second-order valence-corrected chi connectivity index (χ2v) is 13.0. The van der Waals surface area contributed by atoms with Gasteiger partial charge >= 0.3 is 0 Å². The van der Waals surface area contributed by atoms with E-state index in [0.717, 1.165) is 47.2 Å². The molecule has 0 bridgehead atoms. The van der Waals surface area contributed by atoms with Gasteiger partial charge in [0.1, 0.15) is 16.9 Å². The van der Waals surface area contributed by atoms with Gasteiger partial charge in [0.15, 0.2) is 5.78 Å². The minimum absolute atomic E-state index is 0. The Kier molecular flexibility index (Phi) is 11.0. The number of hydrogen-bond donors (Lipinski definition) is 1. The van der Waals surface area contributed by atoms with Crippen molar-refractivity contribution in [2.75, 3.05) is 0 Å². The van der Waals surface area contributed by atoms with Crippen LogP contribution in [0.15, 0.2) is 91.0 Å². The maximum atomic E-state index is 12.2. The minimum atomic E-state index is -0.337. The van der Waals surface area contributed by atoms with Gasteiger partial charge in [-0.05, 0) is 41.8 Å². The molecule has 2 heterocycles. The number of aliphatic hydroxyl groups is 1. The third-order valence-corrected chi connectivity index (χ3v) is 10.9. The van der Waals surface area contributed by atoms with Crippen LogP contribution in [-0.2, 0) is 24.9 Å². The number of ketones is 1. The zero-order valence-electron chi connectivity index (χ0n) is 26.9. The summed E-state index contributed by atoms with van der Waals surface area (Å²) in [7, 11) is 0. The Morgan fingerprint density at radius 3 is 2.04 bits per heavy atom. The van der Waals surface area contributed by atoms with E-state index >= 15 is 0 Å². The average Bonchev–Trinajstić information content (AvgIpc) is 3.47. The van der Waals surface area contributed by atoms with E-state index in [2.05, 4.69) is 77.8 Å². The van der Waals surface area contributed by atoms with Gasteiger partial charge in [0, 0.05) is 52.8 Å². The van der Waals surface area contributed by atoms with E-state index in [1.807, 2.05) is 47.6 Å². The molecule has 4 nitrogen and oxygen atoms in total. The van der Waals surface area contributed by atoms with Gasteiger partial charge in [-0.3, -0.25) is 9.78 Å². The van der Waals surface area contributed by atoms with Gasteiger partial charge in [-0.15, -0.1) is 40.5 Å². The smallest absolute Gasteiger partial charge is 0.164 e. The Hall–Kier alpha value is -3.44. The fourth-order valence-electron chi connectivity index (χ4n) is 5.57. The zero-order chi connectivity index (χ0) is 31.5. The van der Waals surface area contributed by atoms with Crippen molar-refractivity contribution in [1.29, 1.82) is 0 Å². The second kappa shape index (κ2) is 14.3. The fraction of sp³-hybridized carbons (Fsp3) is 0.308. The second-order valence-electron chi connectivity index (χ2n) is 12.0. The van der Waals surface area contributed by atoms with E-state index < -0.39 is 0 Å². The summed E-state index contributed by atoms with van der Waals surface area (Å²) in [5, 5.41) is 17.4. The Balaban J connectivity index is 0.000000226. The van der Waals surface area contributed by atoms with Crippen LogP contribution in [0.25, 0.3) is 53.1 Å². The van der Waals surface area contributed by atoms with E-state index in [4.69, 9.17) is 4.98 Å². The number of rotatable bonds is 8. The van der Waals surface area contributed by atoms with Gasteiger partial charge in [-0.2, -0.15) is 0 Å². The molecular formula is C39H41IrN2O2S-. The number of thiophene rings is 1. The predicted octanol–water partition coefficient (Wildman–Crippen LogP) is 11.3. The molecular weight excluding hydrogens is 753 g/mol. The van der Waals surface area contributed by atoms with Gasteiger partial charge in [-0.1, -0.05) is 108 Å². The number of aliphatic hydroxyl groups excluding tert-OH is 1. The van der Waals surface area contributed by atoms with Crippen LogP contribution in [0.2, 0.25) is 0 Å². The normalized spacial score (nSPS) is 12.3. The molecule has 0 fully saturated rings. The summed E-state index contributed by atoms with van der Waals surface area (Å²) in [6.45, 7) is 12.1. The molecule has 6 aromatic rings. The van der Waals surface area contributed by atoms with Crippen molar-refractivity contribution >= 4 is 59.0 Å². The van der Waals surface area contributed by atoms with Crippen LogP contribution in [-0.4, -0.2) is 20.9 Å². The van der Waals surface area contributed by atoms with E-state index in [1.54, 1.807) is 17.7 Å². The average molecular weight is 794 g/mol. The number of allylic oxidation sites excluding steroid dienone is 2. The first-order chi connectivity index (χ1) is 21.2. The molecule has 0 saturated heterocycles. The van der Waals surface area contributed by atoms with E-state index in [9.17, 15) is 9.90 Å². The zero-order valence-corrected chi connectivity index (χ0v) is 30.1. The molecule has 1 N–H and O–H groups in total. The van der Waals surface area contributed by atoms with Crippen LogP contribution >= 0.6 is 11.3 Å². The van der Waals surface area contributed by atoms with Gasteiger partial charge < -0.3 is 5.11 Å². The van der Waals surface area contributed by atoms with Crippen LogP contribution < -0.4 is 0 Å². The maximum Gasteiger partial charge on any atom is 0.164 e. The third kappa shape index (κ3) is 6.60. The van der Waals surface area contributed by atoms with Crippen molar-refractivity contribution in [2.45, 2.75) is 67.2 Å². The summed E-state index contributed by atoms with van der Waals surface area (Å²) < 4.78 is 1.27. The third-order valence-electron chi connectivity index (χ3n) is 9.72. The summed E-state index contributed by atoms with van der Waals surface area (Å²) in [6.07, 6.45) is 6.43. The van der Waals surface area contributed by atoms with Crippen LogP contribution in [0, 0.1) is 16.9 Å². The van der Waals surface area contributed by atoms with E-state index in [1.165, 1.54) is 37.7 Å². The van der Waals surface area contributed by atoms with Crippen LogP contribution in [0.1, 0.15) is 67.2 Å². The summed E-state index contributed by atoms with van der Waals surface area (Å²) in [6, 6.07) is 28.8. The van der Waals surface area contributed by atoms with Crippen molar-refractivity contribution < 1.29 is 30.0 Å². The van der Waals surface area contributed by atoms with Crippen molar-refractivity contribution in [1.82, 2.24) is 9.97 Å². The molecule has 6 rings (SSSR count). The van der Waals surface area contributed by atoms with Crippen molar-refractivity contribution in [3.8, 4) is 11.3 Å². The van der Waals surface area contributed by atoms with Gasteiger partial charge in [0.25, 0.3) is 0 Å². The largest absolute Gasteiger partial charge is 0.512 e. The standard InChI is InChI=1S/C24H13N2S.C15H28O2.Ir/c1-3-9-17-15(6-1)8-5-11-19(17)22-21-20-13-12-16-7-2-4-10-18(16)23(20)27-24(21)26-14-25-22;1-7-14(5,8-2)12(16)11-13(17)15(6,9-3)10-4;/h1-10,12-14H;11,16H,7-10H2,1-6H3;/q-1;;/b;12-11-;. The Morgan fingerprint density at radius 2 is 1.40 bits per heavy atom. The van der Waals surface area contributed by atoms with Crippen LogP contribution in [0.5, 0.6) is 0 Å². The number of fused-ring (bicyclic) bond motifs is 6. The molecule has 0 unspecified atom stereocenters. The number of aromatic nitrogens is 2. The van der Waals surface area contributed by atoms with Crippen molar-refractivity contribution in [3.63, 3.8) is 0 Å².